The third-order valence-electron chi connectivity index (χ3n) is 6.54. The van der Waals surface area contributed by atoms with Crippen molar-refractivity contribution in [2.75, 3.05) is 26.3 Å². The molecule has 1 atom stereocenters. The molecule has 1 fully saturated rings. The molecule has 2 aromatic carbocycles. The Balaban J connectivity index is 1.40. The van der Waals surface area contributed by atoms with Crippen LogP contribution in [0.4, 0.5) is 26.3 Å². The third-order valence-corrected chi connectivity index (χ3v) is 7.59. The van der Waals surface area contributed by atoms with Crippen LogP contribution in [0.2, 0.25) is 0 Å². The zero-order chi connectivity index (χ0) is 28.8. The van der Waals surface area contributed by atoms with Gasteiger partial charge in [0.2, 0.25) is 0 Å². The summed E-state index contributed by atoms with van der Waals surface area (Å²) in [6.45, 7) is 2.46. The molecule has 0 saturated carbocycles. The number of fused-ring (bicyclic) bond motifs is 1. The number of aliphatic hydroxyl groups excluding tert-OH is 1. The molecule has 2 aliphatic heterocycles. The van der Waals surface area contributed by atoms with Gasteiger partial charge in [0.15, 0.2) is 5.17 Å². The number of amidine groups is 1. The number of morpholine rings is 1. The monoisotopic (exact) mass is 584 g/mol. The molecular weight excluding hydrogens is 562 g/mol. The van der Waals surface area contributed by atoms with Crippen molar-refractivity contribution in [1.29, 1.82) is 0 Å². The number of carbonyl (C=O) groups excluding carboxylic acids is 1. The van der Waals surface area contributed by atoms with Gasteiger partial charge >= 0.3 is 12.4 Å². The van der Waals surface area contributed by atoms with E-state index in [-0.39, 0.29) is 24.3 Å². The number of aryl methyl sites for hydroxylation is 1. The van der Waals surface area contributed by atoms with Crippen LogP contribution in [0.5, 0.6) is 0 Å². The van der Waals surface area contributed by atoms with E-state index < -0.39 is 35.9 Å². The van der Waals surface area contributed by atoms with Gasteiger partial charge in [0.1, 0.15) is 0 Å². The van der Waals surface area contributed by atoms with E-state index in [1.807, 2.05) is 4.90 Å². The van der Waals surface area contributed by atoms with Crippen molar-refractivity contribution in [3.8, 4) is 0 Å². The number of aliphatic imine (C=N–C) groups is 1. The Bertz CT molecular complexity index is 1530. The first-order chi connectivity index (χ1) is 18.8. The van der Waals surface area contributed by atoms with E-state index in [2.05, 4.69) is 10.1 Å². The Kier molecular flexibility index (Phi) is 7.44. The molecule has 3 heterocycles. The van der Waals surface area contributed by atoms with Gasteiger partial charge in [-0.15, -0.1) is 0 Å². The lowest BCUT2D eigenvalue weighted by molar-refractivity contribution is -0.143. The highest BCUT2D eigenvalue weighted by Crippen LogP contribution is 2.38. The normalized spacial score (nSPS) is 19.6. The van der Waals surface area contributed by atoms with Gasteiger partial charge < -0.3 is 14.7 Å². The summed E-state index contributed by atoms with van der Waals surface area (Å²) in [6, 6.07) is 6.62. The molecule has 1 amide bonds. The van der Waals surface area contributed by atoms with E-state index in [9.17, 15) is 36.2 Å². The second-order valence-electron chi connectivity index (χ2n) is 9.32. The molecule has 40 heavy (non-hydrogen) atoms. The second-order valence-corrected chi connectivity index (χ2v) is 10.3. The molecule has 0 bridgehead atoms. The maximum Gasteiger partial charge on any atom is 0.416 e. The van der Waals surface area contributed by atoms with E-state index in [0.29, 0.717) is 58.0 Å². The predicted molar refractivity (Wildman–Crippen MR) is 136 cm³/mol. The van der Waals surface area contributed by atoms with Crippen LogP contribution in [0.15, 0.2) is 46.3 Å². The first kappa shape index (κ1) is 28.2. The number of halogens is 6. The smallest absolute Gasteiger partial charge is 0.394 e. The van der Waals surface area contributed by atoms with Gasteiger partial charge in [-0.3, -0.25) is 9.48 Å². The standard InChI is InChI=1S/C26H22F6N4O3S/c1-14-19-8-15(9-22-23(38)33-24(40-22)35-6-7-39-18(12-35)13-37)2-5-21(19)36(34-14)11-16-3-4-17(25(27,28)29)10-20(16)26(30,31)32/h2-5,8-10,18,37H,6-7,11-13H2,1H3. The van der Waals surface area contributed by atoms with Crippen molar-refractivity contribution >= 4 is 39.8 Å². The highest BCUT2D eigenvalue weighted by atomic mass is 32.2. The molecule has 2 aliphatic rings. The molecule has 1 unspecified atom stereocenters. The average Bonchev–Trinajstić information content (AvgIpc) is 3.41. The zero-order valence-corrected chi connectivity index (χ0v) is 21.7. The van der Waals surface area contributed by atoms with Crippen LogP contribution >= 0.6 is 11.8 Å². The lowest BCUT2D eigenvalue weighted by Gasteiger charge is -2.32. The first-order valence-corrected chi connectivity index (χ1v) is 12.9. The molecule has 212 valence electrons. The Morgan fingerprint density at radius 3 is 2.60 bits per heavy atom. The number of benzene rings is 2. The minimum absolute atomic E-state index is 0.117. The van der Waals surface area contributed by atoms with Gasteiger partial charge in [-0.2, -0.15) is 36.4 Å². The van der Waals surface area contributed by atoms with Crippen molar-refractivity contribution in [3.05, 3.63) is 69.3 Å². The van der Waals surface area contributed by atoms with E-state index in [1.54, 1.807) is 31.2 Å². The number of nitrogens with zero attached hydrogens (tertiary/aromatic N) is 4. The van der Waals surface area contributed by atoms with Gasteiger partial charge in [0.25, 0.3) is 5.91 Å². The quantitative estimate of drug-likeness (QED) is 0.340. The van der Waals surface area contributed by atoms with Crippen LogP contribution in [0.3, 0.4) is 0 Å². The van der Waals surface area contributed by atoms with E-state index >= 15 is 0 Å². The van der Waals surface area contributed by atoms with Crippen molar-refractivity contribution in [1.82, 2.24) is 14.7 Å². The van der Waals surface area contributed by atoms with Gasteiger partial charge in [-0.1, -0.05) is 12.1 Å². The second kappa shape index (κ2) is 10.6. The molecule has 0 aliphatic carbocycles. The van der Waals surface area contributed by atoms with Crippen LogP contribution in [-0.2, 0) is 28.4 Å². The maximum atomic E-state index is 13.6. The maximum absolute atomic E-state index is 13.6. The number of alkyl halides is 6. The largest absolute Gasteiger partial charge is 0.416 e. The predicted octanol–water partition coefficient (Wildman–Crippen LogP) is 5.09. The van der Waals surface area contributed by atoms with Gasteiger partial charge in [-0.25, -0.2) is 0 Å². The number of amides is 1. The summed E-state index contributed by atoms with van der Waals surface area (Å²) in [4.78, 5) is 18.9. The number of aliphatic hydroxyl groups is 1. The molecule has 1 saturated heterocycles. The highest BCUT2D eigenvalue weighted by molar-refractivity contribution is 8.18. The molecule has 5 rings (SSSR count). The highest BCUT2D eigenvalue weighted by Gasteiger charge is 2.38. The topological polar surface area (TPSA) is 80.0 Å². The Morgan fingerprint density at radius 1 is 1.12 bits per heavy atom. The zero-order valence-electron chi connectivity index (χ0n) is 20.9. The van der Waals surface area contributed by atoms with Crippen molar-refractivity contribution in [3.63, 3.8) is 0 Å². The lowest BCUT2D eigenvalue weighted by atomic mass is 10.0. The number of rotatable bonds is 4. The van der Waals surface area contributed by atoms with Crippen molar-refractivity contribution < 1.29 is 41.0 Å². The molecular formula is C26H22F6N4O3S. The van der Waals surface area contributed by atoms with E-state index in [4.69, 9.17) is 4.74 Å². The lowest BCUT2D eigenvalue weighted by Crippen LogP contribution is -2.45. The van der Waals surface area contributed by atoms with Crippen LogP contribution in [-0.4, -0.2) is 63.3 Å². The fourth-order valence-electron chi connectivity index (χ4n) is 4.57. The Morgan fingerprint density at radius 2 is 1.90 bits per heavy atom. The third kappa shape index (κ3) is 5.74. The molecule has 7 nitrogen and oxygen atoms in total. The molecule has 1 aromatic heterocycles. The van der Waals surface area contributed by atoms with Crippen molar-refractivity contribution in [2.45, 2.75) is 31.9 Å². The summed E-state index contributed by atoms with van der Waals surface area (Å²) in [5.41, 5.74) is -1.47. The summed E-state index contributed by atoms with van der Waals surface area (Å²) < 4.78 is 86.8. The minimum atomic E-state index is -4.99. The minimum Gasteiger partial charge on any atom is -0.394 e. The molecule has 1 N–H and O–H groups in total. The average molecular weight is 585 g/mol. The number of hydrogen-bond donors (Lipinski definition) is 1. The Labute approximate surface area is 228 Å². The fourth-order valence-corrected chi connectivity index (χ4v) is 5.52. The molecule has 14 heteroatoms. The summed E-state index contributed by atoms with van der Waals surface area (Å²) >= 11 is 1.20. The molecule has 3 aromatic rings. The van der Waals surface area contributed by atoms with Gasteiger partial charge in [0, 0.05) is 18.5 Å². The van der Waals surface area contributed by atoms with Crippen LogP contribution < -0.4 is 0 Å². The summed E-state index contributed by atoms with van der Waals surface area (Å²) in [5, 5.41) is 14.8. The van der Waals surface area contributed by atoms with Gasteiger partial charge in [-0.05, 0) is 60.2 Å². The van der Waals surface area contributed by atoms with Crippen LogP contribution in [0.25, 0.3) is 17.0 Å². The first-order valence-electron chi connectivity index (χ1n) is 12.1. The number of hydrogen-bond acceptors (Lipinski definition) is 6. The van der Waals surface area contributed by atoms with Crippen molar-refractivity contribution in [2.24, 2.45) is 4.99 Å². The summed E-state index contributed by atoms with van der Waals surface area (Å²) in [7, 11) is 0. The van der Waals surface area contributed by atoms with Crippen LogP contribution in [0.1, 0.15) is 27.9 Å². The summed E-state index contributed by atoms with van der Waals surface area (Å²) in [6.07, 6.45) is -8.60. The number of carbonyl (C=O) groups is 1. The SMILES string of the molecule is Cc1nn(Cc2ccc(C(F)(F)F)cc2C(F)(F)F)c2ccc(C=C3SC(N4CCOC(CO)C4)=NC3=O)cc12. The van der Waals surface area contributed by atoms with Crippen LogP contribution in [0, 0.1) is 6.92 Å². The number of aromatic nitrogens is 2. The fraction of sp³-hybridized carbons (Fsp3) is 0.346. The summed E-state index contributed by atoms with van der Waals surface area (Å²) in [5.74, 6) is -0.415. The van der Waals surface area contributed by atoms with Gasteiger partial charge in [0.05, 0.1) is 53.1 Å². The Hall–Kier alpha value is -3.36. The van der Waals surface area contributed by atoms with E-state index in [1.165, 1.54) is 16.4 Å². The van der Waals surface area contributed by atoms with E-state index in [0.717, 1.165) is 6.07 Å². The molecule has 0 spiro atoms. The number of ether oxygens (including phenoxy) is 1. The number of thioether (sulfide) groups is 1. The molecule has 0 radical (unpaired) electrons.